The molecule has 2 heterocycles. The molecule has 0 aliphatic heterocycles. The van der Waals surface area contributed by atoms with E-state index in [0.717, 1.165) is 33.8 Å². The van der Waals surface area contributed by atoms with Crippen LogP contribution in [0.4, 0.5) is 0 Å². The third kappa shape index (κ3) is 5.50. The maximum absolute atomic E-state index is 2.50. The first-order chi connectivity index (χ1) is 29.8. The molecule has 0 aliphatic carbocycles. The minimum atomic E-state index is 1.11. The van der Waals surface area contributed by atoms with Gasteiger partial charge in [0.2, 0.25) is 0 Å². The molecular weight excluding hydrogens is 725 g/mol. The van der Waals surface area contributed by atoms with Crippen molar-refractivity contribution in [2.75, 3.05) is 0 Å². The number of hydrogen-bond donors (Lipinski definition) is 0. The highest BCUT2D eigenvalue weighted by Crippen LogP contribution is 2.45. The van der Waals surface area contributed by atoms with Crippen LogP contribution < -0.4 is 0 Å². The first kappa shape index (κ1) is 34.1. The van der Waals surface area contributed by atoms with Crippen LogP contribution in [0.2, 0.25) is 0 Å². The largest absolute Gasteiger partial charge is 0.308 e. The second kappa shape index (κ2) is 13.9. The van der Waals surface area contributed by atoms with Crippen LogP contribution in [0.5, 0.6) is 0 Å². The molecule has 12 rings (SSSR count). The molecule has 0 aliphatic rings. The summed E-state index contributed by atoms with van der Waals surface area (Å²) in [5.41, 5.74) is 14.0. The third-order valence-corrected chi connectivity index (χ3v) is 12.3. The van der Waals surface area contributed by atoms with Crippen molar-refractivity contribution in [2.45, 2.75) is 0 Å². The summed E-state index contributed by atoms with van der Waals surface area (Å²) < 4.78 is 5.01. The first-order valence-electron chi connectivity index (χ1n) is 20.7. The zero-order valence-electron chi connectivity index (χ0n) is 32.8. The van der Waals surface area contributed by atoms with Crippen LogP contribution in [0.1, 0.15) is 0 Å². The fraction of sp³-hybridized carbons (Fsp3) is 0. The van der Waals surface area contributed by atoms with Crippen molar-refractivity contribution in [3.05, 3.63) is 231 Å². The molecule has 0 radical (unpaired) electrons. The molecule has 0 bridgehead atoms. The van der Waals surface area contributed by atoms with Crippen molar-refractivity contribution in [3.8, 4) is 56.1 Å². The highest BCUT2D eigenvalue weighted by atomic mass is 15.1. The number of aromatic nitrogens is 2. The summed E-state index contributed by atoms with van der Waals surface area (Å²) >= 11 is 0. The summed E-state index contributed by atoms with van der Waals surface area (Å²) in [6, 6.07) is 84.4. The van der Waals surface area contributed by atoms with Crippen LogP contribution in [0.3, 0.4) is 0 Å². The van der Waals surface area contributed by atoms with E-state index in [1.54, 1.807) is 0 Å². The van der Waals surface area contributed by atoms with E-state index in [9.17, 15) is 0 Å². The van der Waals surface area contributed by atoms with Gasteiger partial charge in [0.1, 0.15) is 0 Å². The SMILES string of the molecule is c1ccc(-c2cccc(-n3c(-c4cc5ccccc5c5ccccc45)cc4c3cc(-c3cc5ccccc5c5ccccc35)n4-c3cccc(-c4ccccc4)c3)c2)cc1. The average Bonchev–Trinajstić information content (AvgIpc) is 3.88. The van der Waals surface area contributed by atoms with E-state index in [2.05, 4.69) is 240 Å². The summed E-state index contributed by atoms with van der Waals surface area (Å²) in [4.78, 5) is 0. The van der Waals surface area contributed by atoms with Gasteiger partial charge in [0.15, 0.2) is 0 Å². The number of hydrogen-bond acceptors (Lipinski definition) is 0. The highest BCUT2D eigenvalue weighted by Gasteiger charge is 2.24. The maximum Gasteiger partial charge on any atom is 0.0724 e. The Bertz CT molecular complexity index is 3350. The lowest BCUT2D eigenvalue weighted by Crippen LogP contribution is -1.98. The summed E-state index contributed by atoms with van der Waals surface area (Å²) in [5, 5.41) is 9.94. The topological polar surface area (TPSA) is 9.86 Å². The van der Waals surface area contributed by atoms with Gasteiger partial charge in [-0.2, -0.15) is 0 Å². The van der Waals surface area contributed by atoms with Crippen molar-refractivity contribution >= 4 is 54.1 Å². The average molecular weight is 763 g/mol. The second-order valence-electron chi connectivity index (χ2n) is 15.7. The van der Waals surface area contributed by atoms with Crippen LogP contribution in [0.15, 0.2) is 231 Å². The molecule has 0 saturated carbocycles. The van der Waals surface area contributed by atoms with Crippen LogP contribution >= 0.6 is 0 Å². The van der Waals surface area contributed by atoms with Gasteiger partial charge in [-0.1, -0.05) is 182 Å². The predicted octanol–water partition coefficient (Wildman–Crippen LogP) is 15.7. The molecule has 0 amide bonds. The molecule has 0 saturated heterocycles. The first-order valence-corrected chi connectivity index (χ1v) is 20.7. The molecule has 280 valence electrons. The molecule has 12 aromatic rings. The van der Waals surface area contributed by atoms with E-state index >= 15 is 0 Å². The van der Waals surface area contributed by atoms with E-state index in [-0.39, 0.29) is 0 Å². The summed E-state index contributed by atoms with van der Waals surface area (Å²) in [6.45, 7) is 0. The van der Waals surface area contributed by atoms with Crippen LogP contribution in [0, 0.1) is 0 Å². The van der Waals surface area contributed by atoms with Crippen LogP contribution in [0.25, 0.3) is 110 Å². The molecule has 0 N–H and O–H groups in total. The molecule has 0 atom stereocenters. The fourth-order valence-corrected chi connectivity index (χ4v) is 9.55. The minimum absolute atomic E-state index is 1.11. The molecule has 0 fully saturated rings. The number of nitrogens with zero attached hydrogens (tertiary/aromatic N) is 2. The van der Waals surface area contributed by atoms with E-state index in [1.807, 2.05) is 0 Å². The maximum atomic E-state index is 2.50. The van der Waals surface area contributed by atoms with Crippen molar-refractivity contribution in [3.63, 3.8) is 0 Å². The van der Waals surface area contributed by atoms with Gasteiger partial charge in [0, 0.05) is 22.5 Å². The molecular formula is C58H38N2. The van der Waals surface area contributed by atoms with Gasteiger partial charge in [0.25, 0.3) is 0 Å². The van der Waals surface area contributed by atoms with Crippen molar-refractivity contribution < 1.29 is 0 Å². The second-order valence-corrected chi connectivity index (χ2v) is 15.7. The summed E-state index contributed by atoms with van der Waals surface area (Å²) in [7, 11) is 0. The van der Waals surface area contributed by atoms with E-state index in [4.69, 9.17) is 0 Å². The Morgan fingerprint density at radius 2 is 0.583 bits per heavy atom. The van der Waals surface area contributed by atoms with E-state index < -0.39 is 0 Å². The van der Waals surface area contributed by atoms with Gasteiger partial charge in [-0.05, 0) is 114 Å². The Labute approximate surface area is 348 Å². The summed E-state index contributed by atoms with van der Waals surface area (Å²) in [5.74, 6) is 0. The zero-order valence-corrected chi connectivity index (χ0v) is 32.8. The lowest BCUT2D eigenvalue weighted by atomic mass is 9.95. The van der Waals surface area contributed by atoms with Crippen molar-refractivity contribution in [1.29, 1.82) is 0 Å². The number of fused-ring (bicyclic) bond motifs is 7. The quantitative estimate of drug-likeness (QED) is 0.149. The molecule has 10 aromatic carbocycles. The smallest absolute Gasteiger partial charge is 0.0724 e. The predicted molar refractivity (Wildman–Crippen MR) is 254 cm³/mol. The van der Waals surface area contributed by atoms with Gasteiger partial charge in [-0.15, -0.1) is 0 Å². The Hall–Kier alpha value is -7.94. The molecule has 60 heavy (non-hydrogen) atoms. The standard InChI is InChI=1S/C58H38N2/c1-3-17-39(18-4-1)41-23-15-25-45(33-41)59-55(53-35-43-21-7-9-27-47(43)49-29-11-13-31-51(49)53)37-58-57(59)38-56(60(58)46-26-16-24-42(34-46)40-19-5-2-6-20-40)54-36-44-22-8-10-28-48(44)50-30-12-14-32-52(50)54/h1-38H. The lowest BCUT2D eigenvalue weighted by molar-refractivity contribution is 1.14. The lowest BCUT2D eigenvalue weighted by Gasteiger charge is -2.17. The van der Waals surface area contributed by atoms with Crippen LogP contribution in [-0.2, 0) is 0 Å². The van der Waals surface area contributed by atoms with E-state index in [0.29, 0.717) is 0 Å². The minimum Gasteiger partial charge on any atom is -0.308 e. The Balaban J connectivity index is 1.23. The van der Waals surface area contributed by atoms with Crippen LogP contribution in [-0.4, -0.2) is 9.13 Å². The number of rotatable bonds is 6. The Kier molecular flexibility index (Phi) is 7.89. The normalized spacial score (nSPS) is 11.7. The molecule has 2 aromatic heterocycles. The van der Waals surface area contributed by atoms with Crippen molar-refractivity contribution in [1.82, 2.24) is 9.13 Å². The van der Waals surface area contributed by atoms with Gasteiger partial charge in [-0.25, -0.2) is 0 Å². The van der Waals surface area contributed by atoms with E-state index in [1.165, 1.54) is 76.5 Å². The Morgan fingerprint density at radius 1 is 0.233 bits per heavy atom. The molecule has 2 nitrogen and oxygen atoms in total. The monoisotopic (exact) mass is 762 g/mol. The fourth-order valence-electron chi connectivity index (χ4n) is 9.55. The zero-order chi connectivity index (χ0) is 39.6. The van der Waals surface area contributed by atoms with Gasteiger partial charge in [-0.3, -0.25) is 0 Å². The Morgan fingerprint density at radius 3 is 1.02 bits per heavy atom. The third-order valence-electron chi connectivity index (χ3n) is 12.3. The highest BCUT2D eigenvalue weighted by molar-refractivity contribution is 6.16. The van der Waals surface area contributed by atoms with Gasteiger partial charge < -0.3 is 9.13 Å². The number of benzene rings is 10. The summed E-state index contributed by atoms with van der Waals surface area (Å²) in [6.07, 6.45) is 0. The molecule has 0 unspecified atom stereocenters. The molecule has 0 spiro atoms. The molecule has 2 heteroatoms. The van der Waals surface area contributed by atoms with Gasteiger partial charge >= 0.3 is 0 Å². The van der Waals surface area contributed by atoms with Crippen molar-refractivity contribution in [2.24, 2.45) is 0 Å². The van der Waals surface area contributed by atoms with Gasteiger partial charge in [0.05, 0.1) is 22.4 Å².